The predicted octanol–water partition coefficient (Wildman–Crippen LogP) is 7.49. The number of allylic oxidation sites excluding steroid dienone is 5. The number of rotatable bonds is 3. The fourth-order valence-corrected chi connectivity index (χ4v) is 1.94. The summed E-state index contributed by atoms with van der Waals surface area (Å²) in [7, 11) is 0. The third kappa shape index (κ3) is 8.02. The van der Waals surface area contributed by atoms with Gasteiger partial charge in [-0.3, -0.25) is 0 Å². The van der Waals surface area contributed by atoms with Crippen LogP contribution in [0.3, 0.4) is 0 Å². The van der Waals surface area contributed by atoms with Gasteiger partial charge in [0.2, 0.25) is 0 Å². The Morgan fingerprint density at radius 2 is 1.55 bits per heavy atom. The smallest absolute Gasteiger partial charge is 0.0132 e. The van der Waals surface area contributed by atoms with Crippen molar-refractivity contribution in [3.05, 3.63) is 65.8 Å². The van der Waals surface area contributed by atoms with Crippen molar-refractivity contribution >= 4 is 5.57 Å². The minimum atomic E-state index is 0.177. The van der Waals surface area contributed by atoms with Gasteiger partial charge in [-0.05, 0) is 36.0 Å². The lowest BCUT2D eigenvalue weighted by Gasteiger charge is -2.21. The molecule has 0 N–H and O–H groups in total. The van der Waals surface area contributed by atoms with Crippen LogP contribution in [0.5, 0.6) is 0 Å². The van der Waals surface area contributed by atoms with Crippen molar-refractivity contribution in [1.29, 1.82) is 0 Å². The van der Waals surface area contributed by atoms with Gasteiger partial charge in [0.15, 0.2) is 0 Å². The fourth-order valence-electron chi connectivity index (χ4n) is 1.94. The summed E-state index contributed by atoms with van der Waals surface area (Å²) in [5.41, 5.74) is 5.32. The Morgan fingerprint density at radius 3 is 1.95 bits per heavy atom. The highest BCUT2D eigenvalue weighted by molar-refractivity contribution is 5.76. The molecule has 0 aliphatic heterocycles. The zero-order valence-corrected chi connectivity index (χ0v) is 16.2. The van der Waals surface area contributed by atoms with Crippen LogP contribution in [0.1, 0.15) is 72.1 Å². The number of aryl methyl sites for hydroxylation is 1. The molecule has 0 aromatic heterocycles. The first-order valence-electron chi connectivity index (χ1n) is 8.46. The molecule has 0 saturated heterocycles. The average molecular weight is 301 g/mol. The van der Waals surface area contributed by atoms with E-state index in [2.05, 4.69) is 70.7 Å². The van der Waals surface area contributed by atoms with Crippen molar-refractivity contribution in [1.82, 2.24) is 0 Å². The summed E-state index contributed by atoms with van der Waals surface area (Å²) in [5, 5.41) is 0. The van der Waals surface area contributed by atoms with Gasteiger partial charge in [-0.1, -0.05) is 103 Å². The molecule has 0 radical (unpaired) electrons. The molecule has 0 nitrogen and oxygen atoms in total. The van der Waals surface area contributed by atoms with Gasteiger partial charge in [0.25, 0.3) is 0 Å². The molecule has 0 amide bonds. The van der Waals surface area contributed by atoms with E-state index < -0.39 is 0 Å². The van der Waals surface area contributed by atoms with Crippen LogP contribution >= 0.6 is 0 Å². The molecule has 1 aromatic rings. The van der Waals surface area contributed by atoms with Crippen molar-refractivity contribution in [2.45, 2.75) is 67.7 Å². The lowest BCUT2D eigenvalue weighted by molar-refractivity contribution is 0.589. The van der Waals surface area contributed by atoms with Crippen LogP contribution in [0.2, 0.25) is 0 Å². The second-order valence-corrected chi connectivity index (χ2v) is 5.70. The molecule has 1 aromatic carbocycles. The van der Waals surface area contributed by atoms with E-state index in [-0.39, 0.29) is 5.41 Å². The van der Waals surface area contributed by atoms with E-state index in [1.165, 1.54) is 22.3 Å². The van der Waals surface area contributed by atoms with E-state index in [9.17, 15) is 0 Å². The molecule has 124 valence electrons. The Labute approximate surface area is 139 Å². The van der Waals surface area contributed by atoms with E-state index in [4.69, 9.17) is 0 Å². The molecule has 0 aliphatic carbocycles. The first-order valence-corrected chi connectivity index (χ1v) is 8.46. The molecule has 0 fully saturated rings. The van der Waals surface area contributed by atoms with E-state index in [0.29, 0.717) is 0 Å². The molecule has 1 rings (SSSR count). The van der Waals surface area contributed by atoms with Crippen LogP contribution in [0, 0.1) is 6.92 Å². The van der Waals surface area contributed by atoms with E-state index in [1.54, 1.807) is 0 Å². The summed E-state index contributed by atoms with van der Waals surface area (Å²) in [4.78, 5) is 0. The first kappa shape index (κ1) is 22.7. The Hall–Kier alpha value is -1.56. The largest absolute Gasteiger partial charge is 0.0990 e. The number of benzene rings is 1. The maximum atomic E-state index is 3.79. The van der Waals surface area contributed by atoms with Crippen molar-refractivity contribution in [3.8, 4) is 0 Å². The van der Waals surface area contributed by atoms with E-state index in [1.807, 2.05) is 40.7 Å². The molecule has 0 spiro atoms. The van der Waals surface area contributed by atoms with Gasteiger partial charge >= 0.3 is 0 Å². The number of hydrogen-bond acceptors (Lipinski definition) is 0. The highest BCUT2D eigenvalue weighted by atomic mass is 14.2. The Balaban J connectivity index is 0. The summed E-state index contributed by atoms with van der Waals surface area (Å²) in [6.45, 7) is 22.7. The van der Waals surface area contributed by atoms with E-state index >= 15 is 0 Å². The van der Waals surface area contributed by atoms with Crippen LogP contribution in [-0.4, -0.2) is 0 Å². The minimum Gasteiger partial charge on any atom is -0.0990 e. The summed E-state index contributed by atoms with van der Waals surface area (Å²) in [5.74, 6) is 0. The molecule has 0 bridgehead atoms. The van der Waals surface area contributed by atoms with Gasteiger partial charge in [-0.2, -0.15) is 0 Å². The molecule has 22 heavy (non-hydrogen) atoms. The quantitative estimate of drug-likeness (QED) is 0.507. The van der Waals surface area contributed by atoms with Gasteiger partial charge in [-0.25, -0.2) is 0 Å². The summed E-state index contributed by atoms with van der Waals surface area (Å²) >= 11 is 0. The van der Waals surface area contributed by atoms with E-state index in [0.717, 1.165) is 0 Å². The lowest BCUT2D eigenvalue weighted by Crippen LogP contribution is -2.11. The zero-order chi connectivity index (χ0) is 17.8. The first-order chi connectivity index (χ1) is 10.4. The molecule has 0 saturated carbocycles. The predicted molar refractivity (Wildman–Crippen MR) is 106 cm³/mol. The second-order valence-electron chi connectivity index (χ2n) is 5.70. The standard InChI is InChI=1S/C18H24.2C2H6/c1-7-9-15(10-8-2)16-11-14(3)12-17(13-16)18(4,5)6;2*1-2/h7-13H,1H2,2-6H3;2*1-2H3/b10-8-,15-9+;;. The highest BCUT2D eigenvalue weighted by Gasteiger charge is 2.15. The molecular weight excluding hydrogens is 264 g/mol. The third-order valence-corrected chi connectivity index (χ3v) is 2.92. The van der Waals surface area contributed by atoms with Gasteiger partial charge in [0.1, 0.15) is 0 Å². The van der Waals surface area contributed by atoms with Gasteiger partial charge < -0.3 is 0 Å². The topological polar surface area (TPSA) is 0 Å². The maximum Gasteiger partial charge on any atom is -0.0132 e. The fraction of sp³-hybridized carbons (Fsp3) is 0.455. The van der Waals surface area contributed by atoms with Crippen LogP contribution in [0.15, 0.2) is 49.1 Å². The Kier molecular flexibility index (Phi) is 12.4. The molecular formula is C22H36. The summed E-state index contributed by atoms with van der Waals surface area (Å²) in [6.07, 6.45) is 8.09. The Bertz CT molecular complexity index is 479. The van der Waals surface area contributed by atoms with Gasteiger partial charge in [0, 0.05) is 0 Å². The van der Waals surface area contributed by atoms with Crippen molar-refractivity contribution in [2.24, 2.45) is 0 Å². The zero-order valence-electron chi connectivity index (χ0n) is 16.2. The molecule has 0 unspecified atom stereocenters. The van der Waals surface area contributed by atoms with Crippen molar-refractivity contribution in [3.63, 3.8) is 0 Å². The van der Waals surface area contributed by atoms with Crippen LogP contribution in [0.4, 0.5) is 0 Å². The molecule has 0 heterocycles. The second kappa shape index (κ2) is 12.0. The lowest BCUT2D eigenvalue weighted by atomic mass is 9.84. The maximum absolute atomic E-state index is 3.79. The van der Waals surface area contributed by atoms with Crippen molar-refractivity contribution < 1.29 is 0 Å². The minimum absolute atomic E-state index is 0.177. The molecule has 0 atom stereocenters. The monoisotopic (exact) mass is 300 g/mol. The van der Waals surface area contributed by atoms with Crippen LogP contribution in [-0.2, 0) is 5.41 Å². The van der Waals surface area contributed by atoms with Crippen LogP contribution in [0.25, 0.3) is 5.57 Å². The third-order valence-electron chi connectivity index (χ3n) is 2.92. The Morgan fingerprint density at radius 1 is 1.00 bits per heavy atom. The van der Waals surface area contributed by atoms with Crippen molar-refractivity contribution in [2.75, 3.05) is 0 Å². The summed E-state index contributed by atoms with van der Waals surface area (Å²) < 4.78 is 0. The van der Waals surface area contributed by atoms with Gasteiger partial charge in [0.05, 0.1) is 0 Å². The van der Waals surface area contributed by atoms with Gasteiger partial charge in [-0.15, -0.1) is 0 Å². The average Bonchev–Trinajstić information content (AvgIpc) is 2.49. The SMILES string of the molecule is C=C/C=C(\C=C/C)c1cc(C)cc(C(C)(C)C)c1.CC.CC. The molecule has 0 heteroatoms. The normalized spacial score (nSPS) is 11.2. The molecule has 0 aliphatic rings. The summed E-state index contributed by atoms with van der Waals surface area (Å²) in [6, 6.07) is 6.78. The number of hydrogen-bond donors (Lipinski definition) is 0. The highest BCUT2D eigenvalue weighted by Crippen LogP contribution is 2.27. The van der Waals surface area contributed by atoms with Crippen LogP contribution < -0.4 is 0 Å².